The molecule has 0 aromatic carbocycles. The van der Waals surface area contributed by atoms with Gasteiger partial charge in [0.05, 0.1) is 0 Å². The smallest absolute Gasteiger partial charge is 0.204 e. The van der Waals surface area contributed by atoms with E-state index in [1.165, 1.54) is 19.3 Å². The highest BCUT2D eigenvalue weighted by Crippen LogP contribution is 2.38. The van der Waals surface area contributed by atoms with E-state index >= 15 is 0 Å². The van der Waals surface area contributed by atoms with Crippen LogP contribution in [0.2, 0.25) is 0 Å². The molecule has 62 valence electrons. The van der Waals surface area contributed by atoms with Gasteiger partial charge >= 0.3 is 0 Å². The molecule has 1 amide bonds. The Bertz CT molecular complexity index is 87.6. The van der Waals surface area contributed by atoms with Crippen molar-refractivity contribution in [2.24, 2.45) is 11.1 Å². The lowest BCUT2D eigenvalue weighted by Crippen LogP contribution is -2.20. The predicted octanol–water partition coefficient (Wildman–Crippen LogP) is 1.72. The fraction of sp³-hybridized carbons (Fsp3) is 0.857. The summed E-state index contributed by atoms with van der Waals surface area (Å²) in [6.45, 7) is 4.66. The van der Waals surface area contributed by atoms with Crippen LogP contribution < -0.4 is 5.73 Å². The van der Waals surface area contributed by atoms with Gasteiger partial charge in [0.1, 0.15) is 0 Å². The molecule has 2 N–H and O–H groups in total. The Balaban J connectivity index is 0. The maximum absolute atomic E-state index is 8.58. The van der Waals surface area contributed by atoms with Gasteiger partial charge in [-0.05, 0) is 18.3 Å². The summed E-state index contributed by atoms with van der Waals surface area (Å²) in [5.41, 5.74) is 4.89. The minimum absolute atomic E-state index is 0. The molecule has 0 aliphatic heterocycles. The standard InChI is InChI=1S/C6H12.CH3NO.ClH/c1-6(2)4-3-5-6;2-1-3;/h3-5H2,1-2H3;1H,(H2,2,3);1H. The summed E-state index contributed by atoms with van der Waals surface area (Å²) in [7, 11) is 0. The molecule has 1 aliphatic rings. The highest BCUT2D eigenvalue weighted by Gasteiger charge is 2.24. The van der Waals surface area contributed by atoms with Gasteiger partial charge < -0.3 is 5.73 Å². The number of carbonyl (C=O) groups is 1. The monoisotopic (exact) mass is 165 g/mol. The van der Waals surface area contributed by atoms with Crippen LogP contribution in [0.1, 0.15) is 33.1 Å². The summed E-state index contributed by atoms with van der Waals surface area (Å²) in [4.78, 5) is 8.58. The first kappa shape index (κ1) is 12.4. The van der Waals surface area contributed by atoms with Gasteiger partial charge in [-0.25, -0.2) is 0 Å². The van der Waals surface area contributed by atoms with E-state index in [0.29, 0.717) is 0 Å². The molecule has 0 aromatic heterocycles. The quantitative estimate of drug-likeness (QED) is 0.546. The number of primary amides is 1. The van der Waals surface area contributed by atoms with Crippen LogP contribution in [0.15, 0.2) is 0 Å². The van der Waals surface area contributed by atoms with Gasteiger partial charge in [-0.2, -0.15) is 0 Å². The molecule has 10 heavy (non-hydrogen) atoms. The van der Waals surface area contributed by atoms with Gasteiger partial charge in [0.25, 0.3) is 0 Å². The average Bonchev–Trinajstić information content (AvgIpc) is 1.65. The third kappa shape index (κ3) is 5.89. The summed E-state index contributed by atoms with van der Waals surface area (Å²) in [6, 6.07) is 0. The Morgan fingerprint density at radius 2 is 1.60 bits per heavy atom. The number of halogens is 1. The highest BCUT2D eigenvalue weighted by atomic mass is 35.5. The van der Waals surface area contributed by atoms with Gasteiger partial charge in [0, 0.05) is 0 Å². The first-order valence-corrected chi connectivity index (χ1v) is 3.28. The van der Waals surface area contributed by atoms with E-state index in [-0.39, 0.29) is 18.8 Å². The molecule has 0 spiro atoms. The second kappa shape index (κ2) is 5.54. The van der Waals surface area contributed by atoms with Crippen molar-refractivity contribution < 1.29 is 4.79 Å². The second-order valence-electron chi connectivity index (χ2n) is 3.15. The number of carbonyl (C=O) groups excluding carboxylic acids is 1. The molecule has 0 saturated heterocycles. The Kier molecular flexibility index (Phi) is 6.89. The third-order valence-electron chi connectivity index (χ3n) is 1.71. The van der Waals surface area contributed by atoms with E-state index in [2.05, 4.69) is 19.6 Å². The number of hydrogen-bond donors (Lipinski definition) is 1. The topological polar surface area (TPSA) is 43.1 Å². The minimum atomic E-state index is 0. The maximum Gasteiger partial charge on any atom is 0.204 e. The molecule has 0 heterocycles. The van der Waals surface area contributed by atoms with E-state index in [9.17, 15) is 0 Å². The van der Waals surface area contributed by atoms with E-state index in [4.69, 9.17) is 4.79 Å². The van der Waals surface area contributed by atoms with Gasteiger partial charge in [0.2, 0.25) is 6.41 Å². The van der Waals surface area contributed by atoms with Crippen molar-refractivity contribution in [2.45, 2.75) is 33.1 Å². The van der Waals surface area contributed by atoms with Gasteiger partial charge in [-0.1, -0.05) is 20.3 Å². The fourth-order valence-corrected chi connectivity index (χ4v) is 0.884. The fourth-order valence-electron chi connectivity index (χ4n) is 0.884. The maximum atomic E-state index is 8.58. The zero-order valence-electron chi connectivity index (χ0n) is 6.59. The summed E-state index contributed by atoms with van der Waals surface area (Å²) >= 11 is 0. The Morgan fingerprint density at radius 3 is 1.60 bits per heavy atom. The van der Waals surface area contributed by atoms with Crippen LogP contribution in [-0.4, -0.2) is 6.41 Å². The van der Waals surface area contributed by atoms with E-state index in [0.717, 1.165) is 5.41 Å². The number of amides is 1. The van der Waals surface area contributed by atoms with Crippen molar-refractivity contribution >= 4 is 18.8 Å². The summed E-state index contributed by atoms with van der Waals surface area (Å²) in [5, 5.41) is 0. The van der Waals surface area contributed by atoms with Gasteiger partial charge in [-0.3, -0.25) is 4.79 Å². The Labute approximate surface area is 68.6 Å². The third-order valence-corrected chi connectivity index (χ3v) is 1.71. The second-order valence-corrected chi connectivity index (χ2v) is 3.15. The molecule has 0 atom stereocenters. The Morgan fingerprint density at radius 1 is 1.40 bits per heavy atom. The lowest BCUT2D eigenvalue weighted by molar-refractivity contribution is -0.106. The van der Waals surface area contributed by atoms with Crippen molar-refractivity contribution in [2.75, 3.05) is 0 Å². The summed E-state index contributed by atoms with van der Waals surface area (Å²) in [5.74, 6) is 0. The first-order chi connectivity index (χ1) is 4.12. The van der Waals surface area contributed by atoms with Crippen LogP contribution in [-0.2, 0) is 4.79 Å². The molecule has 1 aliphatic carbocycles. The molecule has 0 radical (unpaired) electrons. The van der Waals surface area contributed by atoms with Crippen LogP contribution >= 0.6 is 12.4 Å². The van der Waals surface area contributed by atoms with Crippen LogP contribution in [0.5, 0.6) is 0 Å². The summed E-state index contributed by atoms with van der Waals surface area (Å²) in [6.07, 6.45) is 4.62. The molecule has 0 aromatic rings. The molecule has 0 bridgehead atoms. The van der Waals surface area contributed by atoms with Crippen molar-refractivity contribution in [1.82, 2.24) is 0 Å². The zero-order valence-corrected chi connectivity index (χ0v) is 7.41. The predicted molar refractivity (Wildman–Crippen MR) is 45.1 cm³/mol. The number of rotatable bonds is 0. The van der Waals surface area contributed by atoms with Crippen LogP contribution in [0.25, 0.3) is 0 Å². The lowest BCUT2D eigenvalue weighted by Gasteiger charge is -2.33. The van der Waals surface area contributed by atoms with Gasteiger partial charge in [0.15, 0.2) is 0 Å². The SMILES string of the molecule is CC1(C)CCC1.Cl.NC=O. The molecular weight excluding hydrogens is 150 g/mol. The lowest BCUT2D eigenvalue weighted by atomic mass is 9.72. The normalized spacial score (nSPS) is 18.6. The van der Waals surface area contributed by atoms with E-state index in [1.54, 1.807) is 0 Å². The largest absolute Gasteiger partial charge is 0.372 e. The van der Waals surface area contributed by atoms with E-state index < -0.39 is 0 Å². The molecule has 1 rings (SSSR count). The minimum Gasteiger partial charge on any atom is -0.372 e. The van der Waals surface area contributed by atoms with Crippen LogP contribution in [0.3, 0.4) is 0 Å². The molecule has 0 unspecified atom stereocenters. The van der Waals surface area contributed by atoms with Crippen LogP contribution in [0.4, 0.5) is 0 Å². The number of nitrogens with two attached hydrogens (primary N) is 1. The van der Waals surface area contributed by atoms with Crippen molar-refractivity contribution in [3.63, 3.8) is 0 Å². The molecule has 2 nitrogen and oxygen atoms in total. The van der Waals surface area contributed by atoms with Gasteiger partial charge in [-0.15, -0.1) is 12.4 Å². The molecular formula is C7H16ClNO. The highest BCUT2D eigenvalue weighted by molar-refractivity contribution is 5.85. The summed E-state index contributed by atoms with van der Waals surface area (Å²) < 4.78 is 0. The number of hydrogen-bond acceptors (Lipinski definition) is 1. The zero-order chi connectivity index (χ0) is 7.33. The van der Waals surface area contributed by atoms with Crippen molar-refractivity contribution in [3.05, 3.63) is 0 Å². The average molecular weight is 166 g/mol. The van der Waals surface area contributed by atoms with Crippen molar-refractivity contribution in [3.8, 4) is 0 Å². The Hall–Kier alpha value is -0.240. The van der Waals surface area contributed by atoms with E-state index in [1.807, 2.05) is 0 Å². The molecule has 1 fully saturated rings. The first-order valence-electron chi connectivity index (χ1n) is 3.28. The molecule has 1 saturated carbocycles. The van der Waals surface area contributed by atoms with Crippen molar-refractivity contribution in [1.29, 1.82) is 0 Å². The van der Waals surface area contributed by atoms with Crippen LogP contribution in [0, 0.1) is 5.41 Å². The molecule has 3 heteroatoms.